The van der Waals surface area contributed by atoms with Gasteiger partial charge in [0.2, 0.25) is 0 Å². The molecule has 2 fully saturated rings. The zero-order valence-corrected chi connectivity index (χ0v) is 8.48. The first-order valence-corrected chi connectivity index (χ1v) is 6.35. The predicted molar refractivity (Wildman–Crippen MR) is 55.3 cm³/mol. The molecule has 0 bridgehead atoms. The molecule has 2 N–H and O–H groups in total. The standard InChI is InChI=1S/C10H19NS/c11-6-9-7-12-5-4-10(9)8-2-1-3-8/h8-10H,1-7,11H2. The minimum atomic E-state index is 0.842. The first kappa shape index (κ1) is 8.89. The van der Waals surface area contributed by atoms with Gasteiger partial charge in [0.1, 0.15) is 0 Å². The fourth-order valence-corrected chi connectivity index (χ4v) is 3.84. The fraction of sp³-hybridized carbons (Fsp3) is 1.00. The van der Waals surface area contributed by atoms with Crippen LogP contribution in [0.2, 0.25) is 0 Å². The van der Waals surface area contributed by atoms with Crippen molar-refractivity contribution in [3.8, 4) is 0 Å². The normalized spacial score (nSPS) is 37.8. The maximum Gasteiger partial charge on any atom is -0.00243 e. The van der Waals surface area contributed by atoms with E-state index in [-0.39, 0.29) is 0 Å². The van der Waals surface area contributed by atoms with Crippen molar-refractivity contribution in [2.24, 2.45) is 23.5 Å². The van der Waals surface area contributed by atoms with Gasteiger partial charge >= 0.3 is 0 Å². The highest BCUT2D eigenvalue weighted by molar-refractivity contribution is 7.99. The lowest BCUT2D eigenvalue weighted by Gasteiger charge is -2.40. The highest BCUT2D eigenvalue weighted by atomic mass is 32.2. The SMILES string of the molecule is NCC1CSCCC1C1CCC1. The Labute approximate surface area is 79.5 Å². The highest BCUT2D eigenvalue weighted by Crippen LogP contribution is 2.42. The van der Waals surface area contributed by atoms with Crippen molar-refractivity contribution < 1.29 is 0 Å². The molecule has 0 radical (unpaired) electrons. The minimum Gasteiger partial charge on any atom is -0.330 e. The van der Waals surface area contributed by atoms with Crippen LogP contribution in [0.25, 0.3) is 0 Å². The molecule has 0 aromatic carbocycles. The third-order valence-corrected chi connectivity index (χ3v) is 4.78. The number of hydrogen-bond acceptors (Lipinski definition) is 2. The van der Waals surface area contributed by atoms with Crippen molar-refractivity contribution in [3.63, 3.8) is 0 Å². The molecule has 1 aliphatic heterocycles. The molecule has 2 heteroatoms. The number of hydrogen-bond donors (Lipinski definition) is 1. The van der Waals surface area contributed by atoms with Crippen LogP contribution in [0.3, 0.4) is 0 Å². The van der Waals surface area contributed by atoms with Crippen LogP contribution in [0.4, 0.5) is 0 Å². The van der Waals surface area contributed by atoms with Crippen LogP contribution in [0.15, 0.2) is 0 Å². The van der Waals surface area contributed by atoms with Crippen LogP contribution in [0.1, 0.15) is 25.7 Å². The lowest BCUT2D eigenvalue weighted by atomic mass is 9.70. The Morgan fingerprint density at radius 3 is 2.67 bits per heavy atom. The van der Waals surface area contributed by atoms with E-state index >= 15 is 0 Å². The smallest absolute Gasteiger partial charge is 0.00243 e. The number of thioether (sulfide) groups is 1. The molecule has 70 valence electrons. The van der Waals surface area contributed by atoms with Gasteiger partial charge in [-0.2, -0.15) is 11.8 Å². The van der Waals surface area contributed by atoms with E-state index in [1.807, 2.05) is 0 Å². The summed E-state index contributed by atoms with van der Waals surface area (Å²) in [5.74, 6) is 5.61. The van der Waals surface area contributed by atoms with E-state index in [0.717, 1.165) is 24.3 Å². The molecule has 1 heterocycles. The maximum absolute atomic E-state index is 5.80. The summed E-state index contributed by atoms with van der Waals surface area (Å²) in [5.41, 5.74) is 5.80. The molecule has 2 unspecified atom stereocenters. The van der Waals surface area contributed by atoms with E-state index in [2.05, 4.69) is 11.8 Å². The third kappa shape index (κ3) is 1.64. The van der Waals surface area contributed by atoms with E-state index < -0.39 is 0 Å². The van der Waals surface area contributed by atoms with E-state index in [1.54, 1.807) is 0 Å². The molecule has 0 spiro atoms. The minimum absolute atomic E-state index is 0.842. The second-order valence-corrected chi connectivity index (χ2v) is 5.36. The Kier molecular flexibility index (Phi) is 2.97. The average molecular weight is 185 g/mol. The summed E-state index contributed by atoms with van der Waals surface area (Å²) < 4.78 is 0. The van der Waals surface area contributed by atoms with Crippen LogP contribution in [0.5, 0.6) is 0 Å². The molecule has 2 aliphatic rings. The van der Waals surface area contributed by atoms with Crippen LogP contribution in [-0.2, 0) is 0 Å². The Balaban J connectivity index is 1.90. The van der Waals surface area contributed by atoms with E-state index in [4.69, 9.17) is 5.73 Å². The van der Waals surface area contributed by atoms with Crippen molar-refractivity contribution in [2.45, 2.75) is 25.7 Å². The number of rotatable bonds is 2. The van der Waals surface area contributed by atoms with Gasteiger partial charge in [0.05, 0.1) is 0 Å². The summed E-state index contributed by atoms with van der Waals surface area (Å²) in [7, 11) is 0. The molecule has 1 saturated heterocycles. The van der Waals surface area contributed by atoms with Crippen molar-refractivity contribution >= 4 is 11.8 Å². The van der Waals surface area contributed by atoms with Gasteiger partial charge in [0.25, 0.3) is 0 Å². The Morgan fingerprint density at radius 1 is 1.25 bits per heavy atom. The maximum atomic E-state index is 5.80. The summed E-state index contributed by atoms with van der Waals surface area (Å²) >= 11 is 2.10. The molecule has 0 amide bonds. The summed E-state index contributed by atoms with van der Waals surface area (Å²) in [6.45, 7) is 0.925. The molecule has 2 atom stereocenters. The Bertz CT molecular complexity index is 145. The molecular weight excluding hydrogens is 166 g/mol. The van der Waals surface area contributed by atoms with Gasteiger partial charge in [-0.25, -0.2) is 0 Å². The summed E-state index contributed by atoms with van der Waals surface area (Å²) in [5, 5.41) is 0. The van der Waals surface area contributed by atoms with E-state index in [9.17, 15) is 0 Å². The van der Waals surface area contributed by atoms with Crippen LogP contribution in [0, 0.1) is 17.8 Å². The second kappa shape index (κ2) is 4.01. The van der Waals surface area contributed by atoms with Crippen molar-refractivity contribution in [3.05, 3.63) is 0 Å². The van der Waals surface area contributed by atoms with Gasteiger partial charge in [-0.3, -0.25) is 0 Å². The zero-order valence-electron chi connectivity index (χ0n) is 7.67. The predicted octanol–water partition coefficient (Wildman–Crippen LogP) is 2.11. The molecular formula is C10H19NS. The van der Waals surface area contributed by atoms with Gasteiger partial charge in [-0.1, -0.05) is 19.3 Å². The summed E-state index contributed by atoms with van der Waals surface area (Å²) in [6, 6.07) is 0. The largest absolute Gasteiger partial charge is 0.330 e. The summed E-state index contributed by atoms with van der Waals surface area (Å²) in [6.07, 6.45) is 5.90. The topological polar surface area (TPSA) is 26.0 Å². The molecule has 1 saturated carbocycles. The van der Waals surface area contributed by atoms with Crippen LogP contribution < -0.4 is 5.73 Å². The van der Waals surface area contributed by atoms with E-state index in [1.165, 1.54) is 37.2 Å². The third-order valence-electron chi connectivity index (χ3n) is 3.59. The fourth-order valence-electron chi connectivity index (χ4n) is 2.54. The average Bonchev–Trinajstić information content (AvgIpc) is 2.02. The Hall–Kier alpha value is 0.310. The Morgan fingerprint density at radius 2 is 2.08 bits per heavy atom. The molecule has 0 aromatic heterocycles. The molecule has 12 heavy (non-hydrogen) atoms. The van der Waals surface area contributed by atoms with Crippen molar-refractivity contribution in [2.75, 3.05) is 18.1 Å². The summed E-state index contributed by atoms with van der Waals surface area (Å²) in [4.78, 5) is 0. The zero-order chi connectivity index (χ0) is 8.39. The lowest BCUT2D eigenvalue weighted by molar-refractivity contribution is 0.150. The molecule has 0 aromatic rings. The first-order valence-electron chi connectivity index (χ1n) is 5.19. The second-order valence-electron chi connectivity index (χ2n) is 4.21. The van der Waals surface area contributed by atoms with Crippen molar-refractivity contribution in [1.29, 1.82) is 0 Å². The van der Waals surface area contributed by atoms with Gasteiger partial charge in [0.15, 0.2) is 0 Å². The van der Waals surface area contributed by atoms with Gasteiger partial charge in [0, 0.05) is 0 Å². The quantitative estimate of drug-likeness (QED) is 0.713. The molecule has 1 nitrogen and oxygen atoms in total. The highest BCUT2D eigenvalue weighted by Gasteiger charge is 2.34. The number of nitrogens with two attached hydrogens (primary N) is 1. The van der Waals surface area contributed by atoms with Gasteiger partial charge in [-0.15, -0.1) is 0 Å². The first-order chi connectivity index (χ1) is 5.92. The molecule has 1 aliphatic carbocycles. The monoisotopic (exact) mass is 185 g/mol. The van der Waals surface area contributed by atoms with Gasteiger partial charge < -0.3 is 5.73 Å². The lowest BCUT2D eigenvalue weighted by Crippen LogP contribution is -2.36. The van der Waals surface area contributed by atoms with Crippen molar-refractivity contribution in [1.82, 2.24) is 0 Å². The van der Waals surface area contributed by atoms with Crippen LogP contribution in [-0.4, -0.2) is 18.1 Å². The van der Waals surface area contributed by atoms with Crippen LogP contribution >= 0.6 is 11.8 Å². The van der Waals surface area contributed by atoms with Gasteiger partial charge in [-0.05, 0) is 42.2 Å². The molecule has 2 rings (SSSR count). The van der Waals surface area contributed by atoms with E-state index in [0.29, 0.717) is 0 Å².